The Morgan fingerprint density at radius 2 is 1.42 bits per heavy atom. The third kappa shape index (κ3) is 4.87. The Morgan fingerprint density at radius 3 is 2.06 bits per heavy atom. The molecule has 158 valence electrons. The van der Waals surface area contributed by atoms with E-state index in [0.29, 0.717) is 0 Å². The van der Waals surface area contributed by atoms with Crippen LogP contribution in [0.15, 0.2) is 110 Å². The molecule has 0 heterocycles. The number of hydrogen-bond donors (Lipinski definition) is 1. The summed E-state index contributed by atoms with van der Waals surface area (Å²) >= 11 is 0. The van der Waals surface area contributed by atoms with Crippen molar-refractivity contribution in [1.29, 1.82) is 0 Å². The zero-order valence-electron chi connectivity index (χ0n) is 18.8. The number of aryl methyl sites for hydroxylation is 1. The Bertz CT molecular complexity index is 1040. The Balaban J connectivity index is 0.000000401. The molecule has 0 fully saturated rings. The number of likely N-dealkylation sites (N-methyl/N-ethyl adjacent to an activating group) is 2. The van der Waals surface area contributed by atoms with Crippen LogP contribution in [0.1, 0.15) is 28.8 Å². The van der Waals surface area contributed by atoms with Crippen molar-refractivity contribution in [2.75, 3.05) is 19.0 Å². The van der Waals surface area contributed by atoms with Crippen molar-refractivity contribution in [2.45, 2.75) is 19.0 Å². The fraction of sp³-hybridized carbons (Fsp3) is 0.172. The van der Waals surface area contributed by atoms with E-state index in [0.717, 1.165) is 0 Å². The topological polar surface area (TPSA) is 15.3 Å². The molecular weight excluding hydrogens is 376 g/mol. The summed E-state index contributed by atoms with van der Waals surface area (Å²) in [6.45, 7) is 9.10. The number of para-hydroxylation sites is 1. The van der Waals surface area contributed by atoms with E-state index in [1.54, 1.807) is 12.2 Å². The highest BCUT2D eigenvalue weighted by atomic mass is 15.2. The largest absolute Gasteiger partial charge is 0.366 e. The van der Waals surface area contributed by atoms with Gasteiger partial charge in [-0.25, -0.2) is 0 Å². The molecule has 0 saturated heterocycles. The molecule has 0 saturated carbocycles. The first-order chi connectivity index (χ1) is 15.1. The molecular formula is C29H32N2. The lowest BCUT2D eigenvalue weighted by Crippen LogP contribution is -2.37. The lowest BCUT2D eigenvalue weighted by molar-refractivity contribution is 0.468. The zero-order valence-corrected chi connectivity index (χ0v) is 18.8. The van der Waals surface area contributed by atoms with Crippen LogP contribution in [-0.2, 0) is 0 Å². The third-order valence-electron chi connectivity index (χ3n) is 5.70. The number of nitrogens with one attached hydrogen (secondary N) is 1. The van der Waals surface area contributed by atoms with Crippen molar-refractivity contribution in [3.8, 4) is 11.1 Å². The van der Waals surface area contributed by atoms with Crippen molar-refractivity contribution >= 4 is 5.69 Å². The Kier molecular flexibility index (Phi) is 7.64. The minimum absolute atomic E-state index is 0.245. The first-order valence-electron chi connectivity index (χ1n) is 10.7. The first-order valence-corrected chi connectivity index (χ1v) is 10.7. The lowest BCUT2D eigenvalue weighted by atomic mass is 9.78. The average Bonchev–Trinajstić information content (AvgIpc) is 2.82. The van der Waals surface area contributed by atoms with Crippen LogP contribution in [0.3, 0.4) is 0 Å². The SMILES string of the molecule is C=C/C=C\C=C.CNC1c2cc(C)ccc2-c2ccccc2C1N(C)c1ccccc1. The fourth-order valence-electron chi connectivity index (χ4n) is 4.26. The van der Waals surface area contributed by atoms with Crippen molar-refractivity contribution in [3.63, 3.8) is 0 Å². The Hall–Kier alpha value is -3.36. The van der Waals surface area contributed by atoms with Gasteiger partial charge in [0, 0.05) is 12.7 Å². The van der Waals surface area contributed by atoms with Crippen LogP contribution >= 0.6 is 0 Å². The summed E-state index contributed by atoms with van der Waals surface area (Å²) < 4.78 is 0. The molecule has 1 aliphatic carbocycles. The maximum Gasteiger partial charge on any atom is 0.0740 e. The average molecular weight is 409 g/mol. The Morgan fingerprint density at radius 1 is 0.806 bits per heavy atom. The van der Waals surface area contributed by atoms with Gasteiger partial charge in [-0.1, -0.05) is 104 Å². The van der Waals surface area contributed by atoms with Crippen molar-refractivity contribution in [2.24, 2.45) is 0 Å². The summed E-state index contributed by atoms with van der Waals surface area (Å²) in [5.41, 5.74) is 7.99. The molecule has 0 aromatic heterocycles. The summed E-state index contributed by atoms with van der Waals surface area (Å²) in [6, 6.07) is 26.8. The van der Waals surface area contributed by atoms with Gasteiger partial charge >= 0.3 is 0 Å². The van der Waals surface area contributed by atoms with E-state index in [2.05, 4.69) is 117 Å². The molecule has 31 heavy (non-hydrogen) atoms. The molecule has 3 aromatic rings. The number of nitrogens with zero attached hydrogens (tertiary/aromatic N) is 1. The second-order valence-electron chi connectivity index (χ2n) is 7.69. The summed E-state index contributed by atoms with van der Waals surface area (Å²) in [5.74, 6) is 0. The smallest absolute Gasteiger partial charge is 0.0740 e. The zero-order chi connectivity index (χ0) is 22.2. The van der Waals surface area contributed by atoms with E-state index < -0.39 is 0 Å². The summed E-state index contributed by atoms with van der Waals surface area (Å²) in [5, 5.41) is 3.59. The first kappa shape index (κ1) is 22.3. The maximum absolute atomic E-state index is 3.59. The molecule has 0 amide bonds. The highest BCUT2D eigenvalue weighted by molar-refractivity contribution is 5.76. The van der Waals surface area contributed by atoms with Crippen LogP contribution in [0, 0.1) is 6.92 Å². The predicted molar refractivity (Wildman–Crippen MR) is 136 cm³/mol. The van der Waals surface area contributed by atoms with Gasteiger partial charge in [0.05, 0.1) is 12.1 Å². The second kappa shape index (κ2) is 10.6. The summed E-state index contributed by atoms with van der Waals surface area (Å²) in [4.78, 5) is 2.39. The fourth-order valence-corrected chi connectivity index (χ4v) is 4.26. The van der Waals surface area contributed by atoms with Crippen LogP contribution in [0.2, 0.25) is 0 Å². The van der Waals surface area contributed by atoms with Gasteiger partial charge in [0.1, 0.15) is 0 Å². The maximum atomic E-state index is 3.59. The molecule has 2 atom stereocenters. The molecule has 0 aliphatic heterocycles. The predicted octanol–water partition coefficient (Wildman–Crippen LogP) is 7.03. The number of rotatable bonds is 5. The highest BCUT2D eigenvalue weighted by Gasteiger charge is 2.35. The van der Waals surface area contributed by atoms with Crippen LogP contribution < -0.4 is 10.2 Å². The van der Waals surface area contributed by atoms with Crippen molar-refractivity contribution in [3.05, 3.63) is 127 Å². The van der Waals surface area contributed by atoms with E-state index in [1.807, 2.05) is 12.2 Å². The van der Waals surface area contributed by atoms with E-state index in [-0.39, 0.29) is 12.1 Å². The number of allylic oxidation sites excluding steroid dienone is 4. The third-order valence-corrected chi connectivity index (χ3v) is 5.70. The van der Waals surface area contributed by atoms with Gasteiger partial charge < -0.3 is 10.2 Å². The summed E-state index contributed by atoms with van der Waals surface area (Å²) in [6.07, 6.45) is 7.07. The van der Waals surface area contributed by atoms with Gasteiger partial charge in [0.2, 0.25) is 0 Å². The number of fused-ring (bicyclic) bond motifs is 3. The molecule has 1 N–H and O–H groups in total. The van der Waals surface area contributed by atoms with E-state index in [9.17, 15) is 0 Å². The molecule has 0 spiro atoms. The van der Waals surface area contributed by atoms with Gasteiger partial charge in [-0.05, 0) is 48.4 Å². The van der Waals surface area contributed by atoms with Crippen LogP contribution in [-0.4, -0.2) is 14.1 Å². The van der Waals surface area contributed by atoms with Crippen LogP contribution in [0.4, 0.5) is 5.69 Å². The monoisotopic (exact) mass is 408 g/mol. The second-order valence-corrected chi connectivity index (χ2v) is 7.69. The highest BCUT2D eigenvalue weighted by Crippen LogP contribution is 2.47. The van der Waals surface area contributed by atoms with Crippen LogP contribution in [0.25, 0.3) is 11.1 Å². The van der Waals surface area contributed by atoms with Crippen LogP contribution in [0.5, 0.6) is 0 Å². The van der Waals surface area contributed by atoms with Gasteiger partial charge in [0.15, 0.2) is 0 Å². The number of hydrogen-bond acceptors (Lipinski definition) is 2. The van der Waals surface area contributed by atoms with Gasteiger partial charge in [0.25, 0.3) is 0 Å². The number of anilines is 1. The minimum atomic E-state index is 0.245. The van der Waals surface area contributed by atoms with E-state index in [4.69, 9.17) is 0 Å². The molecule has 1 aliphatic rings. The van der Waals surface area contributed by atoms with Crippen molar-refractivity contribution < 1.29 is 0 Å². The summed E-state index contributed by atoms with van der Waals surface area (Å²) in [7, 11) is 4.26. The molecule has 2 heteroatoms. The lowest BCUT2D eigenvalue weighted by Gasteiger charge is -2.41. The standard InChI is InChI=1S/C23H24N2.C6H8/c1-16-13-14-19-18-11-7-8-12-20(18)23(22(24-2)21(19)15-16)25(3)17-9-5-4-6-10-17;1-3-5-6-4-2/h4-15,22-24H,1-3H3;3-6H,1-2H2/b;6-5-. The Labute approximate surface area is 187 Å². The van der Waals surface area contributed by atoms with E-state index in [1.165, 1.54) is 33.5 Å². The normalized spacial score (nSPS) is 16.5. The molecule has 0 radical (unpaired) electrons. The number of benzene rings is 3. The molecule has 4 rings (SSSR count). The molecule has 3 aromatic carbocycles. The van der Waals surface area contributed by atoms with Gasteiger partial charge in [-0.3, -0.25) is 0 Å². The van der Waals surface area contributed by atoms with Gasteiger partial charge in [-0.2, -0.15) is 0 Å². The quantitative estimate of drug-likeness (QED) is 0.456. The van der Waals surface area contributed by atoms with Gasteiger partial charge in [-0.15, -0.1) is 0 Å². The van der Waals surface area contributed by atoms with E-state index >= 15 is 0 Å². The van der Waals surface area contributed by atoms with Crippen molar-refractivity contribution in [1.82, 2.24) is 5.32 Å². The molecule has 0 bridgehead atoms. The molecule has 2 unspecified atom stereocenters. The minimum Gasteiger partial charge on any atom is -0.366 e. The molecule has 2 nitrogen and oxygen atoms in total.